The SMILES string of the molecule is CC(C)(C)OC(=O)Nc1ccc(Br)c2ccc(O[SH](=O)=O)cc12. The zero-order valence-electron chi connectivity index (χ0n) is 12.8. The predicted molar refractivity (Wildman–Crippen MR) is 92.4 cm³/mol. The molecule has 1 amide bonds. The van der Waals surface area contributed by atoms with Gasteiger partial charge in [0.25, 0.3) is 11.0 Å². The first-order chi connectivity index (χ1) is 10.7. The third-order valence-corrected chi connectivity index (χ3v) is 3.80. The van der Waals surface area contributed by atoms with Crippen LogP contribution >= 0.6 is 15.9 Å². The van der Waals surface area contributed by atoms with Gasteiger partial charge in [-0.3, -0.25) is 5.32 Å². The van der Waals surface area contributed by atoms with E-state index in [4.69, 9.17) is 8.92 Å². The number of benzene rings is 2. The van der Waals surface area contributed by atoms with E-state index in [9.17, 15) is 13.2 Å². The molecule has 0 fully saturated rings. The number of ether oxygens (including phenoxy) is 1. The molecule has 1 N–H and O–H groups in total. The Morgan fingerprint density at radius 3 is 2.43 bits per heavy atom. The van der Waals surface area contributed by atoms with Gasteiger partial charge in [0.1, 0.15) is 11.4 Å². The lowest BCUT2D eigenvalue weighted by Gasteiger charge is -2.20. The van der Waals surface area contributed by atoms with Crippen LogP contribution in [0.5, 0.6) is 5.75 Å². The number of anilines is 1. The molecular formula is C15H16BrNO5S. The maximum Gasteiger partial charge on any atom is 0.412 e. The van der Waals surface area contributed by atoms with Crippen molar-refractivity contribution in [2.45, 2.75) is 26.4 Å². The number of thiol groups is 1. The third kappa shape index (κ3) is 4.84. The third-order valence-electron chi connectivity index (χ3n) is 2.75. The molecule has 8 heteroatoms. The molecule has 0 aliphatic carbocycles. The van der Waals surface area contributed by atoms with Gasteiger partial charge in [0.05, 0.1) is 5.69 Å². The van der Waals surface area contributed by atoms with Crippen molar-refractivity contribution < 1.29 is 22.1 Å². The van der Waals surface area contributed by atoms with Crippen LogP contribution in [-0.2, 0) is 15.7 Å². The molecule has 2 aromatic carbocycles. The summed E-state index contributed by atoms with van der Waals surface area (Å²) in [6.45, 7) is 5.30. The molecule has 0 bridgehead atoms. The highest BCUT2D eigenvalue weighted by Gasteiger charge is 2.17. The van der Waals surface area contributed by atoms with E-state index in [1.165, 1.54) is 12.1 Å². The van der Waals surface area contributed by atoms with E-state index >= 15 is 0 Å². The van der Waals surface area contributed by atoms with Gasteiger partial charge in [-0.15, -0.1) is 0 Å². The first-order valence-electron chi connectivity index (χ1n) is 6.70. The Kier molecular flexibility index (Phi) is 5.16. The van der Waals surface area contributed by atoms with Crippen LogP contribution in [0.1, 0.15) is 20.8 Å². The summed E-state index contributed by atoms with van der Waals surface area (Å²) in [7, 11) is -3.01. The number of halogens is 1. The smallest absolute Gasteiger partial charge is 0.412 e. The van der Waals surface area contributed by atoms with Crippen LogP contribution in [0.25, 0.3) is 10.8 Å². The fourth-order valence-corrected chi connectivity index (χ4v) is 2.72. The molecule has 0 radical (unpaired) electrons. The molecule has 124 valence electrons. The zero-order chi connectivity index (χ0) is 17.2. The molecule has 0 spiro atoms. The van der Waals surface area contributed by atoms with Gasteiger partial charge in [-0.25, -0.2) is 4.79 Å². The second kappa shape index (κ2) is 6.76. The second-order valence-corrected chi connectivity index (χ2v) is 7.23. The Morgan fingerprint density at radius 1 is 1.13 bits per heavy atom. The monoisotopic (exact) mass is 401 g/mol. The normalized spacial score (nSPS) is 11.5. The number of hydrogen-bond donors (Lipinski definition) is 2. The van der Waals surface area contributed by atoms with Gasteiger partial charge >= 0.3 is 6.09 Å². The van der Waals surface area contributed by atoms with Gasteiger partial charge in [-0.1, -0.05) is 15.9 Å². The lowest BCUT2D eigenvalue weighted by atomic mass is 10.1. The molecule has 0 saturated heterocycles. The van der Waals surface area contributed by atoms with Crippen molar-refractivity contribution in [2.24, 2.45) is 0 Å². The van der Waals surface area contributed by atoms with Crippen LogP contribution in [0.15, 0.2) is 34.8 Å². The Morgan fingerprint density at radius 2 is 1.83 bits per heavy atom. The van der Waals surface area contributed by atoms with Gasteiger partial charge in [0.2, 0.25) is 0 Å². The van der Waals surface area contributed by atoms with E-state index < -0.39 is 22.7 Å². The van der Waals surface area contributed by atoms with Gasteiger partial charge in [0.15, 0.2) is 0 Å². The Labute approximate surface area is 144 Å². The Balaban J connectivity index is 2.42. The lowest BCUT2D eigenvalue weighted by Crippen LogP contribution is -2.27. The van der Waals surface area contributed by atoms with Crippen LogP contribution in [0.4, 0.5) is 10.5 Å². The van der Waals surface area contributed by atoms with Crippen molar-refractivity contribution in [1.82, 2.24) is 0 Å². The standard InChI is InChI=1S/C15H16BrNO5S/c1-15(2,3)21-14(18)17-13-7-6-12(16)10-5-4-9(8-11(10)13)22-23(19)20/h4-8,23H,1-3H3,(H,17,18). The maximum atomic E-state index is 11.9. The molecule has 0 unspecified atom stereocenters. The average Bonchev–Trinajstić information content (AvgIpc) is 2.39. The molecule has 23 heavy (non-hydrogen) atoms. The van der Waals surface area contributed by atoms with Crippen molar-refractivity contribution in [2.75, 3.05) is 5.32 Å². The highest BCUT2D eigenvalue weighted by molar-refractivity contribution is 9.10. The minimum Gasteiger partial charge on any atom is -0.444 e. The maximum absolute atomic E-state index is 11.9. The van der Waals surface area contributed by atoms with Gasteiger partial charge in [0, 0.05) is 9.86 Å². The number of carbonyl (C=O) groups excluding carboxylic acids is 1. The summed E-state index contributed by atoms with van der Waals surface area (Å²) < 4.78 is 32.1. The minimum atomic E-state index is -3.01. The Bertz CT molecular complexity index is 818. The van der Waals surface area contributed by atoms with Crippen LogP contribution in [0.3, 0.4) is 0 Å². The summed E-state index contributed by atoms with van der Waals surface area (Å²) in [5.74, 6) is 0.166. The highest BCUT2D eigenvalue weighted by Crippen LogP contribution is 2.33. The molecule has 2 rings (SSSR count). The molecule has 6 nitrogen and oxygen atoms in total. The van der Waals surface area contributed by atoms with Crippen LogP contribution in [0, 0.1) is 0 Å². The number of hydrogen-bond acceptors (Lipinski definition) is 5. The zero-order valence-corrected chi connectivity index (χ0v) is 15.2. The van der Waals surface area contributed by atoms with E-state index in [1.807, 2.05) is 0 Å². The fraction of sp³-hybridized carbons (Fsp3) is 0.267. The van der Waals surface area contributed by atoms with E-state index in [2.05, 4.69) is 21.2 Å². The van der Waals surface area contributed by atoms with Gasteiger partial charge in [-0.2, -0.15) is 8.42 Å². The molecule has 0 aromatic heterocycles. The van der Waals surface area contributed by atoms with Crippen LogP contribution in [-0.4, -0.2) is 20.1 Å². The van der Waals surface area contributed by atoms with Gasteiger partial charge in [-0.05, 0) is 56.5 Å². The summed E-state index contributed by atoms with van der Waals surface area (Å²) in [5.41, 5.74) is -0.131. The summed E-state index contributed by atoms with van der Waals surface area (Å²) in [5, 5.41) is 4.08. The first-order valence-corrected chi connectivity index (χ1v) is 8.59. The second-order valence-electron chi connectivity index (χ2n) is 5.74. The molecule has 0 saturated carbocycles. The molecular weight excluding hydrogens is 386 g/mol. The topological polar surface area (TPSA) is 81.7 Å². The minimum absolute atomic E-state index is 0.166. The van der Waals surface area contributed by atoms with Gasteiger partial charge < -0.3 is 8.92 Å². The largest absolute Gasteiger partial charge is 0.444 e. The van der Waals surface area contributed by atoms with E-state index in [-0.39, 0.29) is 5.75 Å². The lowest BCUT2D eigenvalue weighted by molar-refractivity contribution is 0.0636. The first kappa shape index (κ1) is 17.6. The van der Waals surface area contributed by atoms with E-state index in [1.54, 1.807) is 39.0 Å². The van der Waals surface area contributed by atoms with E-state index in [0.29, 0.717) is 11.1 Å². The van der Waals surface area contributed by atoms with E-state index in [0.717, 1.165) is 9.86 Å². The number of fused-ring (bicyclic) bond motifs is 1. The number of amides is 1. The quantitative estimate of drug-likeness (QED) is 0.763. The molecule has 0 heterocycles. The fourth-order valence-electron chi connectivity index (χ4n) is 1.96. The Hall–Kier alpha value is -1.80. The summed E-state index contributed by atoms with van der Waals surface area (Å²) in [6.07, 6.45) is -0.595. The van der Waals surface area contributed by atoms with Crippen molar-refractivity contribution in [3.63, 3.8) is 0 Å². The summed E-state index contributed by atoms with van der Waals surface area (Å²) in [4.78, 5) is 11.9. The van der Waals surface area contributed by atoms with Crippen molar-refractivity contribution in [1.29, 1.82) is 0 Å². The van der Waals surface area contributed by atoms with Crippen molar-refractivity contribution in [3.8, 4) is 5.75 Å². The number of rotatable bonds is 3. The molecule has 2 aromatic rings. The number of carbonyl (C=O) groups is 1. The summed E-state index contributed by atoms with van der Waals surface area (Å²) in [6, 6.07) is 8.25. The molecule has 0 aliphatic heterocycles. The van der Waals surface area contributed by atoms with Crippen molar-refractivity contribution >= 4 is 49.5 Å². The molecule has 0 atom stereocenters. The number of nitrogens with one attached hydrogen (secondary N) is 1. The summed E-state index contributed by atoms with van der Waals surface area (Å²) >= 11 is 3.42. The molecule has 0 aliphatic rings. The highest BCUT2D eigenvalue weighted by atomic mass is 79.9. The van der Waals surface area contributed by atoms with Crippen LogP contribution in [0.2, 0.25) is 0 Å². The van der Waals surface area contributed by atoms with Crippen LogP contribution < -0.4 is 9.50 Å². The average molecular weight is 402 g/mol. The predicted octanol–water partition coefficient (Wildman–Crippen LogP) is 3.85. The van der Waals surface area contributed by atoms with Crippen molar-refractivity contribution in [3.05, 3.63) is 34.8 Å².